The van der Waals surface area contributed by atoms with Crippen molar-refractivity contribution in [1.82, 2.24) is 25.1 Å². The molecule has 3 N–H and O–H groups in total. The van der Waals surface area contributed by atoms with Crippen molar-refractivity contribution < 1.29 is 0 Å². The number of hydrogen-bond acceptors (Lipinski definition) is 5. The third-order valence-corrected chi connectivity index (χ3v) is 3.89. The highest BCUT2D eigenvalue weighted by molar-refractivity contribution is 5.70. The van der Waals surface area contributed by atoms with Crippen molar-refractivity contribution in [2.45, 2.75) is 6.92 Å². The lowest BCUT2D eigenvalue weighted by molar-refractivity contribution is 1.08. The maximum Gasteiger partial charge on any atom is 0.181 e. The van der Waals surface area contributed by atoms with E-state index in [0.29, 0.717) is 23.2 Å². The molecule has 0 saturated carbocycles. The van der Waals surface area contributed by atoms with Crippen molar-refractivity contribution in [3.63, 3.8) is 0 Å². The Morgan fingerprint density at radius 3 is 2.40 bits per heavy atom. The van der Waals surface area contributed by atoms with Gasteiger partial charge in [0.25, 0.3) is 0 Å². The van der Waals surface area contributed by atoms with Gasteiger partial charge < -0.3 is 5.73 Å². The van der Waals surface area contributed by atoms with Gasteiger partial charge in [-0.3, -0.25) is 5.10 Å². The van der Waals surface area contributed by atoms with Gasteiger partial charge in [0.15, 0.2) is 17.5 Å². The number of nitrogens with zero attached hydrogens (tertiary/aromatic N) is 4. The fraction of sp³-hybridized carbons (Fsp3) is 0.0526. The average Bonchev–Trinajstić information content (AvgIpc) is 3.14. The van der Waals surface area contributed by atoms with Gasteiger partial charge in [0.2, 0.25) is 0 Å². The molecule has 2 heterocycles. The van der Waals surface area contributed by atoms with Gasteiger partial charge in [-0.05, 0) is 6.92 Å². The van der Waals surface area contributed by atoms with E-state index in [-0.39, 0.29) is 0 Å². The Balaban J connectivity index is 1.74. The van der Waals surface area contributed by atoms with Gasteiger partial charge in [0.05, 0.1) is 11.9 Å². The van der Waals surface area contributed by atoms with Crippen molar-refractivity contribution in [3.8, 4) is 34.2 Å². The number of aryl methyl sites for hydroxylation is 1. The van der Waals surface area contributed by atoms with E-state index in [4.69, 9.17) is 5.73 Å². The van der Waals surface area contributed by atoms with Crippen molar-refractivity contribution >= 4 is 5.82 Å². The van der Waals surface area contributed by atoms with Gasteiger partial charge in [-0.1, -0.05) is 60.2 Å². The molecule has 0 unspecified atom stereocenters. The minimum absolute atomic E-state index is 0.312. The fourth-order valence-corrected chi connectivity index (χ4v) is 2.52. The number of hydrogen-bond donors (Lipinski definition) is 2. The monoisotopic (exact) mass is 328 g/mol. The number of benzene rings is 2. The molecule has 6 nitrogen and oxygen atoms in total. The van der Waals surface area contributed by atoms with E-state index >= 15 is 0 Å². The van der Waals surface area contributed by atoms with E-state index in [9.17, 15) is 0 Å². The van der Waals surface area contributed by atoms with Crippen LogP contribution in [-0.4, -0.2) is 25.1 Å². The normalized spacial score (nSPS) is 10.8. The van der Waals surface area contributed by atoms with E-state index < -0.39 is 0 Å². The Labute approximate surface area is 144 Å². The van der Waals surface area contributed by atoms with Crippen LogP contribution in [0.5, 0.6) is 0 Å². The van der Waals surface area contributed by atoms with Crippen molar-refractivity contribution in [2.75, 3.05) is 5.73 Å². The molecule has 4 rings (SSSR count). The predicted molar refractivity (Wildman–Crippen MR) is 97.4 cm³/mol. The molecule has 0 bridgehead atoms. The van der Waals surface area contributed by atoms with Crippen LogP contribution < -0.4 is 5.73 Å². The third kappa shape index (κ3) is 2.97. The Kier molecular flexibility index (Phi) is 3.70. The molecule has 0 aliphatic carbocycles. The smallest absolute Gasteiger partial charge is 0.181 e. The predicted octanol–water partition coefficient (Wildman–Crippen LogP) is 3.49. The van der Waals surface area contributed by atoms with Gasteiger partial charge in [-0.25, -0.2) is 15.0 Å². The van der Waals surface area contributed by atoms with Crippen LogP contribution in [0.4, 0.5) is 5.82 Å². The molecule has 25 heavy (non-hydrogen) atoms. The second-order valence-corrected chi connectivity index (χ2v) is 5.73. The molecular weight excluding hydrogens is 312 g/mol. The molecule has 4 aromatic rings. The van der Waals surface area contributed by atoms with Crippen molar-refractivity contribution in [1.29, 1.82) is 0 Å². The molecule has 122 valence electrons. The number of nitrogens with one attached hydrogen (secondary N) is 1. The molecule has 0 radical (unpaired) electrons. The Hall–Kier alpha value is -3.54. The Morgan fingerprint density at radius 1 is 0.880 bits per heavy atom. The first-order valence-corrected chi connectivity index (χ1v) is 7.88. The van der Waals surface area contributed by atoms with E-state index in [0.717, 1.165) is 16.8 Å². The van der Waals surface area contributed by atoms with E-state index in [2.05, 4.69) is 25.1 Å². The first-order chi connectivity index (χ1) is 12.2. The van der Waals surface area contributed by atoms with E-state index in [1.54, 1.807) is 6.20 Å². The topological polar surface area (TPSA) is 93.4 Å². The average molecular weight is 328 g/mol. The molecule has 0 fully saturated rings. The maximum absolute atomic E-state index is 6.01. The van der Waals surface area contributed by atoms with Crippen LogP contribution in [0.1, 0.15) is 5.56 Å². The second-order valence-electron chi connectivity index (χ2n) is 5.73. The van der Waals surface area contributed by atoms with Gasteiger partial charge in [0, 0.05) is 11.1 Å². The lowest BCUT2D eigenvalue weighted by Crippen LogP contribution is -2.00. The van der Waals surface area contributed by atoms with Gasteiger partial charge in [0.1, 0.15) is 5.69 Å². The lowest BCUT2D eigenvalue weighted by atomic mass is 10.1. The quantitative estimate of drug-likeness (QED) is 0.600. The summed E-state index contributed by atoms with van der Waals surface area (Å²) in [7, 11) is 0. The molecular formula is C19H16N6. The Bertz CT molecular complexity index is 1010. The Morgan fingerprint density at radius 2 is 1.64 bits per heavy atom. The highest BCUT2D eigenvalue weighted by atomic mass is 15.2. The van der Waals surface area contributed by atoms with E-state index in [1.807, 2.05) is 61.5 Å². The summed E-state index contributed by atoms with van der Waals surface area (Å²) >= 11 is 0. The van der Waals surface area contributed by atoms with Gasteiger partial charge in [-0.2, -0.15) is 5.10 Å². The summed E-state index contributed by atoms with van der Waals surface area (Å²) < 4.78 is 0. The molecule has 0 spiro atoms. The minimum Gasteiger partial charge on any atom is -0.382 e. The number of anilines is 1. The molecule has 6 heteroatoms. The summed E-state index contributed by atoms with van der Waals surface area (Å²) in [6.45, 7) is 2.05. The summed E-state index contributed by atoms with van der Waals surface area (Å²) in [5, 5.41) is 7.16. The number of rotatable bonds is 3. The second kappa shape index (κ2) is 6.16. The third-order valence-electron chi connectivity index (χ3n) is 3.89. The molecule has 2 aromatic heterocycles. The van der Waals surface area contributed by atoms with Gasteiger partial charge in [-0.15, -0.1) is 0 Å². The molecule has 0 amide bonds. The summed E-state index contributed by atoms with van der Waals surface area (Å²) in [6, 6.07) is 17.8. The van der Waals surface area contributed by atoms with Crippen LogP contribution in [0.25, 0.3) is 34.2 Å². The molecule has 0 atom stereocenters. The van der Waals surface area contributed by atoms with Crippen LogP contribution >= 0.6 is 0 Å². The summed E-state index contributed by atoms with van der Waals surface area (Å²) in [5.41, 5.74) is 10.3. The number of aromatic nitrogens is 5. The first-order valence-electron chi connectivity index (χ1n) is 7.88. The zero-order chi connectivity index (χ0) is 17.2. The molecule has 0 aliphatic heterocycles. The highest BCUT2D eigenvalue weighted by Crippen LogP contribution is 2.25. The molecule has 0 saturated heterocycles. The maximum atomic E-state index is 6.01. The summed E-state index contributed by atoms with van der Waals surface area (Å²) in [5.74, 6) is 1.40. The van der Waals surface area contributed by atoms with Crippen molar-refractivity contribution in [2.24, 2.45) is 0 Å². The summed E-state index contributed by atoms with van der Waals surface area (Å²) in [4.78, 5) is 13.4. The minimum atomic E-state index is 0.312. The molecule has 2 aromatic carbocycles. The van der Waals surface area contributed by atoms with E-state index in [1.165, 1.54) is 5.56 Å². The molecule has 0 aliphatic rings. The fourth-order valence-electron chi connectivity index (χ4n) is 2.52. The standard InChI is InChI=1S/C19H16N6/c1-12-7-9-13(10-8-12)15-11-21-17(20)16(22-15)19-23-18(24-25-19)14-5-3-2-4-6-14/h2-11H,1H3,(H2,20,21)(H,23,24,25). The SMILES string of the molecule is Cc1ccc(-c2cnc(N)c(-c3nc(-c4ccccc4)n[nH]3)n2)cc1. The van der Waals surface area contributed by atoms with Crippen LogP contribution in [0.15, 0.2) is 60.8 Å². The number of nitrogens with two attached hydrogens (primary N) is 1. The zero-order valence-electron chi connectivity index (χ0n) is 13.6. The number of nitrogen functional groups attached to an aromatic ring is 1. The summed E-state index contributed by atoms with van der Waals surface area (Å²) in [6.07, 6.45) is 1.66. The number of aromatic amines is 1. The van der Waals surface area contributed by atoms with Crippen LogP contribution in [-0.2, 0) is 0 Å². The van der Waals surface area contributed by atoms with Crippen LogP contribution in [0, 0.1) is 6.92 Å². The first kappa shape index (κ1) is 15.0. The zero-order valence-corrected chi connectivity index (χ0v) is 13.6. The van der Waals surface area contributed by atoms with Crippen LogP contribution in [0.2, 0.25) is 0 Å². The van der Waals surface area contributed by atoms with Gasteiger partial charge >= 0.3 is 0 Å². The highest BCUT2D eigenvalue weighted by Gasteiger charge is 2.14. The van der Waals surface area contributed by atoms with Crippen molar-refractivity contribution in [3.05, 3.63) is 66.4 Å². The van der Waals surface area contributed by atoms with Crippen LogP contribution in [0.3, 0.4) is 0 Å². The largest absolute Gasteiger partial charge is 0.382 e. The number of H-pyrrole nitrogens is 1. The lowest BCUT2D eigenvalue weighted by Gasteiger charge is -2.05.